The second-order valence-electron chi connectivity index (χ2n) is 7.48. The number of para-hydroxylation sites is 2. The molecule has 1 aromatic heterocycles. The van der Waals surface area contributed by atoms with E-state index in [1.165, 1.54) is 0 Å². The molecule has 3 heterocycles. The molecule has 7 nitrogen and oxygen atoms in total. The Hall–Kier alpha value is -2.93. The topological polar surface area (TPSA) is 62.9 Å². The first-order chi connectivity index (χ1) is 14.3. The summed E-state index contributed by atoms with van der Waals surface area (Å²) in [5.41, 5.74) is 2.13. The van der Waals surface area contributed by atoms with Crippen LogP contribution in [0.15, 0.2) is 42.5 Å². The second kappa shape index (κ2) is 8.21. The number of hydrogen-bond acceptors (Lipinski definition) is 6. The Bertz CT molecular complexity index is 941. The smallest absolute Gasteiger partial charge is 0.231 e. The van der Waals surface area contributed by atoms with Gasteiger partial charge in [0, 0.05) is 32.2 Å². The fourth-order valence-electron chi connectivity index (χ4n) is 3.94. The van der Waals surface area contributed by atoms with Gasteiger partial charge in [0.05, 0.1) is 17.6 Å². The zero-order valence-corrected chi connectivity index (χ0v) is 16.5. The number of anilines is 1. The van der Waals surface area contributed by atoms with Gasteiger partial charge in [0.1, 0.15) is 5.75 Å². The first-order valence-electron chi connectivity index (χ1n) is 10.3. The molecule has 0 bridgehead atoms. The monoisotopic (exact) mass is 394 g/mol. The summed E-state index contributed by atoms with van der Waals surface area (Å²) in [5, 5.41) is 0. The first-order valence-corrected chi connectivity index (χ1v) is 10.3. The molecule has 29 heavy (non-hydrogen) atoms. The van der Waals surface area contributed by atoms with E-state index in [1.54, 1.807) is 0 Å². The van der Waals surface area contributed by atoms with Crippen molar-refractivity contribution in [2.45, 2.75) is 12.8 Å². The van der Waals surface area contributed by atoms with Gasteiger partial charge in [0.25, 0.3) is 0 Å². The van der Waals surface area contributed by atoms with Crippen LogP contribution in [0.2, 0.25) is 0 Å². The number of hydrogen-bond donors (Lipinski definition) is 1. The van der Waals surface area contributed by atoms with E-state index >= 15 is 0 Å². The highest BCUT2D eigenvalue weighted by Gasteiger charge is 2.18. The third-order valence-corrected chi connectivity index (χ3v) is 5.50. The molecule has 1 N–H and O–H groups in total. The van der Waals surface area contributed by atoms with E-state index in [9.17, 15) is 0 Å². The number of rotatable bonds is 6. The van der Waals surface area contributed by atoms with Gasteiger partial charge in [-0.25, -0.2) is 4.98 Å². The maximum Gasteiger partial charge on any atom is 0.231 e. The van der Waals surface area contributed by atoms with Gasteiger partial charge < -0.3 is 29.0 Å². The van der Waals surface area contributed by atoms with Gasteiger partial charge in [0.15, 0.2) is 11.5 Å². The average Bonchev–Trinajstić information content (AvgIpc) is 3.32. The minimum Gasteiger partial charge on any atom is -0.493 e. The molecule has 0 spiro atoms. The molecule has 2 aromatic carbocycles. The predicted molar refractivity (Wildman–Crippen MR) is 112 cm³/mol. The lowest BCUT2D eigenvalue weighted by atomic mass is 10.3. The first kappa shape index (κ1) is 18.1. The number of aromatic nitrogens is 2. The number of ether oxygens (including phenoxy) is 3. The predicted octanol–water partition coefficient (Wildman–Crippen LogP) is 3.27. The van der Waals surface area contributed by atoms with E-state index in [4.69, 9.17) is 19.2 Å². The molecule has 5 rings (SSSR count). The van der Waals surface area contributed by atoms with Gasteiger partial charge in [0.2, 0.25) is 12.7 Å². The molecular weight excluding hydrogens is 368 g/mol. The number of H-pyrrole nitrogens is 1. The summed E-state index contributed by atoms with van der Waals surface area (Å²) >= 11 is 0. The summed E-state index contributed by atoms with van der Waals surface area (Å²) in [6, 6.07) is 13.9. The van der Waals surface area contributed by atoms with Crippen LogP contribution in [0.4, 0.5) is 5.95 Å². The second-order valence-corrected chi connectivity index (χ2v) is 7.48. The van der Waals surface area contributed by atoms with E-state index in [-0.39, 0.29) is 0 Å². The summed E-state index contributed by atoms with van der Waals surface area (Å²) in [7, 11) is 0. The Labute approximate surface area is 170 Å². The zero-order valence-electron chi connectivity index (χ0n) is 16.5. The van der Waals surface area contributed by atoms with Gasteiger partial charge in [-0.05, 0) is 43.7 Å². The minimum atomic E-state index is 0.290. The normalized spacial score (nSPS) is 16.9. The summed E-state index contributed by atoms with van der Waals surface area (Å²) in [6.45, 7) is 6.20. The molecule has 0 amide bonds. The lowest BCUT2D eigenvalue weighted by Crippen LogP contribution is -2.32. The molecule has 0 atom stereocenters. The maximum absolute atomic E-state index is 5.89. The fraction of sp³-hybridized carbons (Fsp3) is 0.409. The molecule has 1 saturated heterocycles. The van der Waals surface area contributed by atoms with Gasteiger partial charge in [-0.2, -0.15) is 0 Å². The van der Waals surface area contributed by atoms with Gasteiger partial charge >= 0.3 is 0 Å². The highest BCUT2D eigenvalue weighted by Crippen LogP contribution is 2.35. The van der Waals surface area contributed by atoms with Crippen molar-refractivity contribution in [1.29, 1.82) is 0 Å². The number of fused-ring (bicyclic) bond motifs is 2. The Morgan fingerprint density at radius 1 is 1.00 bits per heavy atom. The molecule has 7 heteroatoms. The highest BCUT2D eigenvalue weighted by atomic mass is 16.7. The van der Waals surface area contributed by atoms with Crippen LogP contribution in [0, 0.1) is 0 Å². The van der Waals surface area contributed by atoms with Crippen LogP contribution in [-0.2, 0) is 0 Å². The number of benzene rings is 2. The summed E-state index contributed by atoms with van der Waals surface area (Å²) in [4.78, 5) is 13.1. The number of aromatic amines is 1. The summed E-state index contributed by atoms with van der Waals surface area (Å²) in [5.74, 6) is 3.37. The molecule has 2 aliphatic heterocycles. The van der Waals surface area contributed by atoms with Crippen molar-refractivity contribution >= 4 is 17.0 Å². The van der Waals surface area contributed by atoms with E-state index in [2.05, 4.69) is 26.9 Å². The van der Waals surface area contributed by atoms with Crippen molar-refractivity contribution in [2.75, 3.05) is 51.0 Å². The molecule has 0 radical (unpaired) electrons. The van der Waals surface area contributed by atoms with Crippen LogP contribution in [-0.4, -0.2) is 61.0 Å². The molecular formula is C22H26N4O3. The van der Waals surface area contributed by atoms with Crippen LogP contribution in [0.25, 0.3) is 11.0 Å². The van der Waals surface area contributed by atoms with Crippen molar-refractivity contribution in [2.24, 2.45) is 0 Å². The van der Waals surface area contributed by atoms with Crippen molar-refractivity contribution < 1.29 is 14.2 Å². The van der Waals surface area contributed by atoms with Crippen molar-refractivity contribution in [3.63, 3.8) is 0 Å². The molecule has 0 saturated carbocycles. The van der Waals surface area contributed by atoms with Gasteiger partial charge in [-0.15, -0.1) is 0 Å². The Morgan fingerprint density at radius 2 is 1.93 bits per heavy atom. The van der Waals surface area contributed by atoms with Gasteiger partial charge in [-0.1, -0.05) is 12.1 Å². The molecule has 0 aliphatic carbocycles. The van der Waals surface area contributed by atoms with Crippen LogP contribution in [0.5, 0.6) is 17.2 Å². The third kappa shape index (κ3) is 4.10. The number of imidazole rings is 1. The Kier molecular flexibility index (Phi) is 5.13. The van der Waals surface area contributed by atoms with Crippen LogP contribution >= 0.6 is 0 Å². The molecule has 2 aliphatic rings. The third-order valence-electron chi connectivity index (χ3n) is 5.50. The van der Waals surface area contributed by atoms with Crippen molar-refractivity contribution in [3.8, 4) is 17.2 Å². The summed E-state index contributed by atoms with van der Waals surface area (Å²) in [6.07, 6.45) is 2.14. The fourth-order valence-corrected chi connectivity index (χ4v) is 3.94. The van der Waals surface area contributed by atoms with Crippen molar-refractivity contribution in [3.05, 3.63) is 42.5 Å². The lowest BCUT2D eigenvalue weighted by Gasteiger charge is -2.21. The van der Waals surface area contributed by atoms with Gasteiger partial charge in [-0.3, -0.25) is 0 Å². The van der Waals surface area contributed by atoms with E-state index in [0.29, 0.717) is 13.4 Å². The molecule has 152 valence electrons. The average molecular weight is 394 g/mol. The van der Waals surface area contributed by atoms with E-state index in [1.807, 2.05) is 30.3 Å². The highest BCUT2D eigenvalue weighted by molar-refractivity contribution is 5.77. The lowest BCUT2D eigenvalue weighted by molar-refractivity contribution is 0.173. The minimum absolute atomic E-state index is 0.290. The van der Waals surface area contributed by atoms with Crippen LogP contribution < -0.4 is 19.1 Å². The van der Waals surface area contributed by atoms with E-state index in [0.717, 1.165) is 79.8 Å². The standard InChI is InChI=1S/C22H26N4O3/c1-2-6-19-18(5-1)23-22(24-19)26-11-3-9-25(12-13-26)10-4-14-27-17-7-8-20-21(15-17)29-16-28-20/h1-2,5-8,15H,3-4,9-14,16H2,(H,23,24). The summed E-state index contributed by atoms with van der Waals surface area (Å²) < 4.78 is 16.6. The number of nitrogens with one attached hydrogen (secondary N) is 1. The largest absolute Gasteiger partial charge is 0.493 e. The Balaban J connectivity index is 1.09. The zero-order chi connectivity index (χ0) is 19.5. The molecule has 1 fully saturated rings. The number of nitrogens with zero attached hydrogens (tertiary/aromatic N) is 3. The SMILES string of the molecule is c1ccc2[nH]c(N3CCCN(CCCOc4ccc5c(c4)OCO5)CC3)nc2c1. The maximum atomic E-state index is 5.89. The molecule has 0 unspecified atom stereocenters. The Morgan fingerprint density at radius 3 is 2.90 bits per heavy atom. The molecule has 3 aromatic rings. The quantitative estimate of drug-likeness (QED) is 0.648. The van der Waals surface area contributed by atoms with Crippen LogP contribution in [0.1, 0.15) is 12.8 Å². The van der Waals surface area contributed by atoms with E-state index < -0.39 is 0 Å². The van der Waals surface area contributed by atoms with Crippen LogP contribution in [0.3, 0.4) is 0 Å². The van der Waals surface area contributed by atoms with Crippen molar-refractivity contribution in [1.82, 2.24) is 14.9 Å².